The van der Waals surface area contributed by atoms with E-state index in [1.54, 1.807) is 12.1 Å². The molecule has 21 heavy (non-hydrogen) atoms. The van der Waals surface area contributed by atoms with Crippen LogP contribution in [0.15, 0.2) is 26.0 Å². The lowest BCUT2D eigenvalue weighted by molar-refractivity contribution is 0.285. The van der Waals surface area contributed by atoms with Crippen molar-refractivity contribution in [2.45, 2.75) is 43.9 Å². The first kappa shape index (κ1) is 17.2. The molecule has 0 aliphatic heterocycles. The quantitative estimate of drug-likeness (QED) is 0.679. The second-order valence-electron chi connectivity index (χ2n) is 5.70. The number of hydrogen-bond acceptors (Lipinski definition) is 3. The van der Waals surface area contributed by atoms with Crippen LogP contribution in [-0.4, -0.2) is 15.0 Å². The molecule has 2 rings (SSSR count). The van der Waals surface area contributed by atoms with Gasteiger partial charge in [-0.25, -0.2) is 13.1 Å². The van der Waals surface area contributed by atoms with E-state index in [9.17, 15) is 8.42 Å². The number of nitrogens with two attached hydrogens (primary N) is 1. The van der Waals surface area contributed by atoms with E-state index in [-0.39, 0.29) is 10.3 Å². The highest BCUT2D eigenvalue weighted by atomic mass is 79.9. The molecule has 1 aliphatic rings. The van der Waals surface area contributed by atoms with E-state index in [2.05, 4.69) is 43.5 Å². The van der Waals surface area contributed by atoms with Gasteiger partial charge in [-0.15, -0.1) is 0 Å². The summed E-state index contributed by atoms with van der Waals surface area (Å²) in [5.74, 6) is 0. The Labute approximate surface area is 143 Å². The first-order valence-electron chi connectivity index (χ1n) is 7.04. The van der Waals surface area contributed by atoms with Crippen LogP contribution in [0.4, 0.5) is 5.69 Å². The van der Waals surface area contributed by atoms with Gasteiger partial charge in [0.25, 0.3) is 0 Å². The Bertz CT molecular complexity index is 603. The van der Waals surface area contributed by atoms with E-state index in [1.165, 1.54) is 12.8 Å². The molecule has 0 aromatic heterocycles. The Hall–Kier alpha value is -0.110. The second kappa shape index (κ2) is 6.56. The van der Waals surface area contributed by atoms with Gasteiger partial charge in [-0.2, -0.15) is 0 Å². The lowest BCUT2D eigenvalue weighted by Gasteiger charge is -2.27. The minimum atomic E-state index is -3.57. The number of rotatable bonds is 5. The van der Waals surface area contributed by atoms with Crippen molar-refractivity contribution < 1.29 is 8.42 Å². The van der Waals surface area contributed by atoms with Crippen molar-refractivity contribution in [2.75, 3.05) is 12.3 Å². The molecule has 1 aliphatic carbocycles. The molecular weight excluding hydrogens is 420 g/mol. The molecular formula is C14H20Br2N2O2S. The van der Waals surface area contributed by atoms with Crippen molar-refractivity contribution in [2.24, 2.45) is 5.41 Å². The lowest BCUT2D eigenvalue weighted by Crippen LogP contribution is -2.35. The van der Waals surface area contributed by atoms with Gasteiger partial charge >= 0.3 is 0 Å². The normalized spacial score (nSPS) is 18.0. The summed E-state index contributed by atoms with van der Waals surface area (Å²) in [4.78, 5) is 0.209. The Kier molecular flexibility index (Phi) is 5.39. The van der Waals surface area contributed by atoms with Crippen LogP contribution in [0, 0.1) is 5.41 Å². The fraction of sp³-hybridized carbons (Fsp3) is 0.571. The molecule has 0 amide bonds. The summed E-state index contributed by atoms with van der Waals surface area (Å²) in [6.07, 6.45) is 5.56. The maximum absolute atomic E-state index is 12.6. The zero-order chi connectivity index (χ0) is 15.7. The maximum Gasteiger partial charge on any atom is 0.242 e. The number of nitrogens with one attached hydrogen (secondary N) is 1. The van der Waals surface area contributed by atoms with Gasteiger partial charge in [0.15, 0.2) is 0 Å². The standard InChI is InChI=1S/C14H20Br2N2O2S/c1-2-14(5-3-4-6-14)9-18-21(19,20)13-11(15)7-10(17)8-12(13)16/h7-8,18H,2-6,9,17H2,1H3. The topological polar surface area (TPSA) is 72.2 Å². The van der Waals surface area contributed by atoms with Gasteiger partial charge in [0.05, 0.1) is 0 Å². The average Bonchev–Trinajstić information content (AvgIpc) is 2.84. The fourth-order valence-electron chi connectivity index (χ4n) is 2.94. The molecule has 4 nitrogen and oxygen atoms in total. The van der Waals surface area contributed by atoms with Gasteiger partial charge in [0.1, 0.15) is 4.90 Å². The van der Waals surface area contributed by atoms with Crippen LogP contribution >= 0.6 is 31.9 Å². The molecule has 0 spiro atoms. The summed E-state index contributed by atoms with van der Waals surface area (Å²) in [7, 11) is -3.57. The summed E-state index contributed by atoms with van der Waals surface area (Å²) in [5, 5.41) is 0. The van der Waals surface area contributed by atoms with Crippen LogP contribution in [0.3, 0.4) is 0 Å². The van der Waals surface area contributed by atoms with E-state index in [1.807, 2.05) is 0 Å². The van der Waals surface area contributed by atoms with Gasteiger partial charge in [0, 0.05) is 21.2 Å². The summed E-state index contributed by atoms with van der Waals surface area (Å²) in [6, 6.07) is 3.20. The number of benzene rings is 1. The van der Waals surface area contributed by atoms with E-state index >= 15 is 0 Å². The van der Waals surface area contributed by atoms with Crippen molar-refractivity contribution in [3.63, 3.8) is 0 Å². The Morgan fingerprint density at radius 2 is 1.76 bits per heavy atom. The van der Waals surface area contributed by atoms with Crippen molar-refractivity contribution in [3.8, 4) is 0 Å². The first-order valence-corrected chi connectivity index (χ1v) is 10.1. The van der Waals surface area contributed by atoms with E-state index < -0.39 is 10.0 Å². The van der Waals surface area contributed by atoms with Crippen LogP contribution in [0.2, 0.25) is 0 Å². The Morgan fingerprint density at radius 3 is 2.24 bits per heavy atom. The summed E-state index contributed by atoms with van der Waals surface area (Å²) in [6.45, 7) is 2.63. The highest BCUT2D eigenvalue weighted by Gasteiger charge is 2.34. The minimum absolute atomic E-state index is 0.111. The third-order valence-corrected chi connectivity index (χ3v) is 7.62. The molecule has 1 aromatic rings. The molecule has 1 fully saturated rings. The van der Waals surface area contributed by atoms with Gasteiger partial charge in [-0.3, -0.25) is 0 Å². The van der Waals surface area contributed by atoms with Gasteiger partial charge in [-0.05, 0) is 68.7 Å². The van der Waals surface area contributed by atoms with Crippen LogP contribution < -0.4 is 10.5 Å². The van der Waals surface area contributed by atoms with Gasteiger partial charge in [0.2, 0.25) is 10.0 Å². The Morgan fingerprint density at radius 1 is 1.24 bits per heavy atom. The van der Waals surface area contributed by atoms with Gasteiger partial charge < -0.3 is 5.73 Å². The third kappa shape index (κ3) is 3.81. The summed E-state index contributed by atoms with van der Waals surface area (Å²) < 4.78 is 28.9. The smallest absolute Gasteiger partial charge is 0.242 e. The predicted octanol–water partition coefficient (Wildman–Crippen LogP) is 4.04. The molecule has 0 saturated heterocycles. The number of hydrogen-bond donors (Lipinski definition) is 2. The van der Waals surface area contributed by atoms with Crippen molar-refractivity contribution in [1.82, 2.24) is 4.72 Å². The second-order valence-corrected chi connectivity index (χ2v) is 9.11. The molecule has 1 saturated carbocycles. The van der Waals surface area contributed by atoms with E-state index in [0.717, 1.165) is 19.3 Å². The zero-order valence-corrected chi connectivity index (χ0v) is 15.9. The molecule has 118 valence electrons. The van der Waals surface area contributed by atoms with Crippen molar-refractivity contribution in [3.05, 3.63) is 21.1 Å². The molecule has 0 unspecified atom stereocenters. The van der Waals surface area contributed by atoms with Crippen LogP contribution in [0.25, 0.3) is 0 Å². The number of halogens is 2. The highest BCUT2D eigenvalue weighted by molar-refractivity contribution is 9.11. The van der Waals surface area contributed by atoms with Crippen LogP contribution in [0.1, 0.15) is 39.0 Å². The number of sulfonamides is 1. The number of anilines is 1. The minimum Gasteiger partial charge on any atom is -0.399 e. The molecule has 0 bridgehead atoms. The number of nitrogen functional groups attached to an aromatic ring is 1. The fourth-order valence-corrected chi connectivity index (χ4v) is 6.71. The van der Waals surface area contributed by atoms with Crippen LogP contribution in [-0.2, 0) is 10.0 Å². The van der Waals surface area contributed by atoms with Crippen molar-refractivity contribution in [1.29, 1.82) is 0 Å². The summed E-state index contributed by atoms with van der Waals surface area (Å²) in [5.41, 5.74) is 6.33. The third-order valence-electron chi connectivity index (χ3n) is 4.34. The largest absolute Gasteiger partial charge is 0.399 e. The van der Waals surface area contributed by atoms with Crippen molar-refractivity contribution >= 4 is 47.6 Å². The lowest BCUT2D eigenvalue weighted by atomic mass is 9.84. The molecule has 7 heteroatoms. The van der Waals surface area contributed by atoms with Crippen LogP contribution in [0.5, 0.6) is 0 Å². The average molecular weight is 440 g/mol. The van der Waals surface area contributed by atoms with E-state index in [4.69, 9.17) is 5.73 Å². The van der Waals surface area contributed by atoms with E-state index in [0.29, 0.717) is 21.2 Å². The molecule has 3 N–H and O–H groups in total. The molecule has 0 heterocycles. The highest BCUT2D eigenvalue weighted by Crippen LogP contribution is 2.41. The Balaban J connectivity index is 2.23. The monoisotopic (exact) mass is 438 g/mol. The maximum atomic E-state index is 12.6. The predicted molar refractivity (Wildman–Crippen MR) is 92.6 cm³/mol. The molecule has 0 atom stereocenters. The SMILES string of the molecule is CCC1(CNS(=O)(=O)c2c(Br)cc(N)cc2Br)CCCC1. The molecule has 1 aromatic carbocycles. The molecule has 0 radical (unpaired) electrons. The zero-order valence-electron chi connectivity index (χ0n) is 12.0. The summed E-state index contributed by atoms with van der Waals surface area (Å²) >= 11 is 6.58. The van der Waals surface area contributed by atoms with Gasteiger partial charge in [-0.1, -0.05) is 19.8 Å². The first-order chi connectivity index (χ1) is 9.80.